The summed E-state index contributed by atoms with van der Waals surface area (Å²) in [7, 11) is 0. The van der Waals surface area contributed by atoms with Crippen LogP contribution in [0.5, 0.6) is 5.75 Å². The lowest BCUT2D eigenvalue weighted by molar-refractivity contribution is -0.145. The summed E-state index contributed by atoms with van der Waals surface area (Å²) in [4.78, 5) is 126. The van der Waals surface area contributed by atoms with Crippen LogP contribution in [0.3, 0.4) is 0 Å². The van der Waals surface area contributed by atoms with Gasteiger partial charge in [0.05, 0.1) is 38.2 Å². The lowest BCUT2D eigenvalue weighted by Gasteiger charge is -2.25. The van der Waals surface area contributed by atoms with E-state index in [1.165, 1.54) is 36.8 Å². The number of aromatic hydroxyl groups is 1. The second-order valence-corrected chi connectivity index (χ2v) is 14.7. The van der Waals surface area contributed by atoms with Crippen molar-refractivity contribution in [1.82, 2.24) is 47.2 Å². The van der Waals surface area contributed by atoms with Gasteiger partial charge in [0.15, 0.2) is 12.0 Å². The molecule has 0 aliphatic heterocycles. The number of aliphatic imine (C=N–C) groups is 1. The van der Waals surface area contributed by atoms with Gasteiger partial charge >= 0.3 is 5.97 Å². The number of imidazole rings is 1. The van der Waals surface area contributed by atoms with Crippen molar-refractivity contribution in [2.45, 2.75) is 93.8 Å². The summed E-state index contributed by atoms with van der Waals surface area (Å²) in [6.45, 7) is -1.82. The Bertz CT molecular complexity index is 2000. The molecule has 0 spiro atoms. The van der Waals surface area contributed by atoms with Gasteiger partial charge in [-0.25, -0.2) is 9.78 Å². The molecule has 364 valence electrons. The van der Waals surface area contributed by atoms with Gasteiger partial charge in [0, 0.05) is 37.7 Å². The fourth-order valence-corrected chi connectivity index (χ4v) is 5.77. The first-order valence-corrected chi connectivity index (χ1v) is 20.2. The number of H-pyrrole nitrogens is 1. The van der Waals surface area contributed by atoms with Gasteiger partial charge in [-0.3, -0.25) is 43.3 Å². The fourth-order valence-electron chi connectivity index (χ4n) is 5.77. The molecule has 8 amide bonds. The summed E-state index contributed by atoms with van der Waals surface area (Å²) in [6.07, 6.45) is 0.263. The lowest BCUT2D eigenvalue weighted by Crippen LogP contribution is -2.60. The zero-order chi connectivity index (χ0) is 49.5. The first-order chi connectivity index (χ1) is 31.1. The van der Waals surface area contributed by atoms with Gasteiger partial charge in [-0.15, -0.1) is 0 Å². The number of nitrogens with two attached hydrogens (primary N) is 4. The van der Waals surface area contributed by atoms with Gasteiger partial charge in [0.2, 0.25) is 47.3 Å². The molecule has 0 bridgehead atoms. The number of hydrogen-bond donors (Lipinski definition) is 17. The van der Waals surface area contributed by atoms with E-state index in [4.69, 9.17) is 22.9 Å². The van der Waals surface area contributed by atoms with E-state index in [0.717, 1.165) is 6.92 Å². The van der Waals surface area contributed by atoms with Crippen LogP contribution in [0.25, 0.3) is 0 Å². The number of aliphatic hydroxyl groups excluding tert-OH is 3. The number of hydrogen-bond acceptors (Lipinski definition) is 16. The van der Waals surface area contributed by atoms with Crippen molar-refractivity contribution in [3.63, 3.8) is 0 Å². The van der Waals surface area contributed by atoms with E-state index in [0.29, 0.717) is 11.3 Å². The molecule has 8 atom stereocenters. The highest BCUT2D eigenvalue weighted by Gasteiger charge is 2.33. The molecule has 0 saturated carbocycles. The Labute approximate surface area is 376 Å². The minimum absolute atomic E-state index is 0.0525. The standard InChI is InChI=1S/C38H58N14O14/c1-18(55)30(37(65)66)52-34(62)25(12-20-13-43-17-46-20)50-36(64)27(16-54)51-35(63)26(15-53)47-29(58)14-45-32(60)24(11-19-4-6-21(56)7-5-19)49-33(61)23(3-2-10-44-38(41)42)48-31(59)22(39)8-9-28(40)57/h4-7,13,17-18,22-27,30,53-56H,2-3,8-12,14-16,39H2,1H3,(H2,40,57)(H,43,46)(H,45,60)(H,47,58)(H,48,59)(H,49,61)(H,50,64)(H,51,63)(H,52,62)(H,65,66)(H4,41,42,44)/t18-,22+,23+,24+,25+,26+,27+,30+/m1/s1. The second kappa shape index (κ2) is 27.7. The van der Waals surface area contributed by atoms with Gasteiger partial charge in [0.25, 0.3) is 0 Å². The quantitative estimate of drug-likeness (QED) is 0.0205. The molecule has 0 aliphatic rings. The maximum absolute atomic E-state index is 13.7. The Hall–Kier alpha value is -7.43. The Morgan fingerprint density at radius 2 is 1.27 bits per heavy atom. The predicted molar refractivity (Wildman–Crippen MR) is 228 cm³/mol. The van der Waals surface area contributed by atoms with Crippen LogP contribution < -0.4 is 60.2 Å². The molecule has 1 aromatic heterocycles. The second-order valence-electron chi connectivity index (χ2n) is 14.7. The molecule has 0 fully saturated rings. The topological polar surface area (TPSA) is 484 Å². The molecular formula is C38H58N14O14. The number of benzene rings is 1. The minimum atomic E-state index is -1.80. The number of carbonyl (C=O) groups is 9. The van der Waals surface area contributed by atoms with Crippen molar-refractivity contribution >= 4 is 59.2 Å². The number of aliphatic carboxylic acids is 1. The van der Waals surface area contributed by atoms with Crippen LogP contribution in [-0.2, 0) is 56.0 Å². The van der Waals surface area contributed by atoms with Gasteiger partial charge in [0.1, 0.15) is 36.0 Å². The zero-order valence-corrected chi connectivity index (χ0v) is 35.8. The summed E-state index contributed by atoms with van der Waals surface area (Å²) in [5.74, 6) is -9.76. The maximum atomic E-state index is 13.7. The molecule has 21 N–H and O–H groups in total. The molecule has 66 heavy (non-hydrogen) atoms. The zero-order valence-electron chi connectivity index (χ0n) is 35.8. The molecule has 2 rings (SSSR count). The third-order valence-corrected chi connectivity index (χ3v) is 9.36. The first-order valence-electron chi connectivity index (χ1n) is 20.2. The van der Waals surface area contributed by atoms with Gasteiger partial charge in [-0.2, -0.15) is 0 Å². The summed E-state index contributed by atoms with van der Waals surface area (Å²) in [5.41, 5.74) is 22.5. The number of rotatable bonds is 29. The van der Waals surface area contributed by atoms with E-state index < -0.39 is 121 Å². The minimum Gasteiger partial charge on any atom is -0.508 e. The molecule has 28 nitrogen and oxygen atoms in total. The van der Waals surface area contributed by atoms with Crippen LogP contribution in [-0.4, -0.2) is 169 Å². The molecule has 0 aliphatic carbocycles. The van der Waals surface area contributed by atoms with Crippen LogP contribution in [0.1, 0.15) is 43.9 Å². The normalized spacial score (nSPS) is 14.5. The predicted octanol–water partition coefficient (Wildman–Crippen LogP) is -7.98. The monoisotopic (exact) mass is 934 g/mol. The molecule has 0 radical (unpaired) electrons. The Balaban J connectivity index is 2.19. The van der Waals surface area contributed by atoms with Crippen LogP contribution in [0.2, 0.25) is 0 Å². The van der Waals surface area contributed by atoms with E-state index >= 15 is 0 Å². The largest absolute Gasteiger partial charge is 0.508 e. The number of nitrogens with one attached hydrogen (secondary N) is 8. The molecule has 2 aromatic rings. The van der Waals surface area contributed by atoms with Crippen LogP contribution in [0.4, 0.5) is 0 Å². The van der Waals surface area contributed by atoms with Crippen LogP contribution in [0.15, 0.2) is 41.8 Å². The van der Waals surface area contributed by atoms with E-state index in [1.54, 1.807) is 0 Å². The Morgan fingerprint density at radius 3 is 1.80 bits per heavy atom. The molecule has 0 unspecified atom stereocenters. The molecular weight excluding hydrogens is 877 g/mol. The highest BCUT2D eigenvalue weighted by atomic mass is 16.4. The highest BCUT2D eigenvalue weighted by molar-refractivity contribution is 5.97. The third-order valence-electron chi connectivity index (χ3n) is 9.36. The number of nitrogens with zero attached hydrogens (tertiary/aromatic N) is 2. The molecule has 1 aromatic carbocycles. The Kier molecular flexibility index (Phi) is 22.9. The highest BCUT2D eigenvalue weighted by Crippen LogP contribution is 2.12. The third kappa shape index (κ3) is 19.5. The number of primary amides is 1. The number of phenols is 1. The van der Waals surface area contributed by atoms with Crippen molar-refractivity contribution in [1.29, 1.82) is 0 Å². The number of guanidine groups is 1. The summed E-state index contributed by atoms with van der Waals surface area (Å²) in [5, 5.41) is 64.8. The van der Waals surface area contributed by atoms with Gasteiger partial charge in [-0.05, 0) is 43.9 Å². The number of aliphatic hydroxyl groups is 3. The van der Waals surface area contributed by atoms with Crippen molar-refractivity contribution in [2.75, 3.05) is 26.3 Å². The summed E-state index contributed by atoms with van der Waals surface area (Å²) < 4.78 is 0. The number of aromatic amines is 1. The molecule has 28 heteroatoms. The van der Waals surface area contributed by atoms with E-state index in [2.05, 4.69) is 52.2 Å². The first kappa shape index (κ1) is 54.7. The number of carbonyl (C=O) groups excluding carboxylic acids is 8. The molecule has 0 saturated heterocycles. The number of phenolic OH excluding ortho intramolecular Hbond substituents is 1. The van der Waals surface area contributed by atoms with Crippen molar-refractivity contribution in [3.05, 3.63) is 48.0 Å². The Morgan fingerprint density at radius 1 is 0.727 bits per heavy atom. The fraction of sp³-hybridized carbons (Fsp3) is 0.500. The van der Waals surface area contributed by atoms with Crippen molar-refractivity contribution in [3.8, 4) is 5.75 Å². The van der Waals surface area contributed by atoms with Crippen molar-refractivity contribution < 1.29 is 68.7 Å². The summed E-state index contributed by atoms with van der Waals surface area (Å²) >= 11 is 0. The number of carboxylic acids is 1. The van der Waals surface area contributed by atoms with Crippen LogP contribution in [0, 0.1) is 0 Å². The van der Waals surface area contributed by atoms with Crippen LogP contribution >= 0.6 is 0 Å². The van der Waals surface area contributed by atoms with E-state index in [-0.39, 0.29) is 56.8 Å². The average molecular weight is 935 g/mol. The summed E-state index contributed by atoms with van der Waals surface area (Å²) in [6, 6.07) is -5.37. The smallest absolute Gasteiger partial charge is 0.328 e. The van der Waals surface area contributed by atoms with E-state index in [1.807, 2.05) is 0 Å². The van der Waals surface area contributed by atoms with Gasteiger partial charge < -0.3 is 90.7 Å². The lowest BCUT2D eigenvalue weighted by atomic mass is 10.0. The SMILES string of the molecule is C[C@@H](O)[C@H](NC(=O)[C@H](Cc1cnc[nH]1)NC(=O)[C@H](CO)NC(=O)[C@H](CO)NC(=O)CNC(=O)[C@H](Cc1ccc(O)cc1)NC(=O)[C@H](CCCN=C(N)N)NC(=O)[C@@H](N)CCC(N)=O)C(=O)O. The van der Waals surface area contributed by atoms with Crippen molar-refractivity contribution in [2.24, 2.45) is 27.9 Å². The number of carboxylic acid groups (broad SMARTS) is 1. The molecule has 1 heterocycles. The van der Waals surface area contributed by atoms with E-state index in [9.17, 15) is 68.7 Å². The van der Waals surface area contributed by atoms with Gasteiger partial charge in [-0.1, -0.05) is 12.1 Å². The number of amides is 8. The average Bonchev–Trinajstić information content (AvgIpc) is 3.78. The maximum Gasteiger partial charge on any atom is 0.328 e. The number of aromatic nitrogens is 2.